The van der Waals surface area contributed by atoms with Crippen molar-refractivity contribution in [2.24, 2.45) is 5.92 Å². The molecule has 2 saturated carbocycles. The van der Waals surface area contributed by atoms with Gasteiger partial charge in [-0.25, -0.2) is 4.98 Å². The first kappa shape index (κ1) is 23.5. The van der Waals surface area contributed by atoms with Gasteiger partial charge in [-0.2, -0.15) is 0 Å². The predicted octanol–water partition coefficient (Wildman–Crippen LogP) is 4.47. The van der Waals surface area contributed by atoms with Crippen LogP contribution in [0.2, 0.25) is 0 Å². The lowest BCUT2D eigenvalue weighted by molar-refractivity contribution is -0.127. The molecule has 178 valence electrons. The van der Waals surface area contributed by atoms with Crippen molar-refractivity contribution in [3.63, 3.8) is 0 Å². The van der Waals surface area contributed by atoms with Gasteiger partial charge in [0.05, 0.1) is 7.11 Å². The third-order valence-electron chi connectivity index (χ3n) is 6.59. The third-order valence-corrected chi connectivity index (χ3v) is 7.41. The van der Waals surface area contributed by atoms with Gasteiger partial charge in [-0.1, -0.05) is 44.2 Å². The second-order valence-corrected chi connectivity index (χ2v) is 9.82. The molecule has 2 aromatic rings. The van der Waals surface area contributed by atoms with Crippen LogP contribution in [0.4, 0.5) is 0 Å². The number of hydrogen-bond donors (Lipinski definition) is 2. The zero-order valence-electron chi connectivity index (χ0n) is 19.2. The molecule has 0 unspecified atom stereocenters. The molecule has 1 aromatic heterocycles. The van der Waals surface area contributed by atoms with Crippen molar-refractivity contribution in [2.45, 2.75) is 76.5 Å². The number of hydrogen-bond acceptors (Lipinski definition) is 6. The Morgan fingerprint density at radius 1 is 0.970 bits per heavy atom. The predicted molar refractivity (Wildman–Crippen MR) is 128 cm³/mol. The molecule has 4 rings (SSSR count). The molecule has 1 aromatic carbocycles. The Morgan fingerprint density at radius 3 is 2.36 bits per heavy atom. The lowest BCUT2D eigenvalue weighted by Crippen LogP contribution is -2.54. The van der Waals surface area contributed by atoms with Gasteiger partial charge >= 0.3 is 0 Å². The number of carbonyl (C=O) groups is 2. The normalized spacial score (nSPS) is 21.2. The largest absolute Gasteiger partial charge is 0.493 e. The number of benzene rings is 1. The maximum absolute atomic E-state index is 12.9. The molecule has 2 atom stereocenters. The van der Waals surface area contributed by atoms with Crippen LogP contribution in [0, 0.1) is 5.92 Å². The average molecular weight is 472 g/mol. The van der Waals surface area contributed by atoms with Crippen LogP contribution < -0.4 is 20.1 Å². The summed E-state index contributed by atoms with van der Waals surface area (Å²) in [4.78, 5) is 30.1. The molecule has 8 heteroatoms. The van der Waals surface area contributed by atoms with Gasteiger partial charge in [0.25, 0.3) is 5.91 Å². The highest BCUT2D eigenvalue weighted by atomic mass is 32.1. The van der Waals surface area contributed by atoms with Crippen LogP contribution in [0.5, 0.6) is 11.5 Å². The number of rotatable bonds is 8. The van der Waals surface area contributed by atoms with E-state index in [1.165, 1.54) is 17.8 Å². The van der Waals surface area contributed by atoms with E-state index in [1.54, 1.807) is 12.5 Å². The first-order valence-electron chi connectivity index (χ1n) is 12.0. The number of nitrogens with one attached hydrogen (secondary N) is 2. The van der Waals surface area contributed by atoms with Gasteiger partial charge in [0, 0.05) is 23.4 Å². The van der Waals surface area contributed by atoms with Gasteiger partial charge in [-0.15, -0.1) is 11.3 Å². The molecule has 0 spiro atoms. The lowest BCUT2D eigenvalue weighted by atomic mass is 9.86. The molecule has 0 bridgehead atoms. The van der Waals surface area contributed by atoms with E-state index in [-0.39, 0.29) is 36.4 Å². The van der Waals surface area contributed by atoms with E-state index in [4.69, 9.17) is 9.47 Å². The van der Waals surface area contributed by atoms with Crippen LogP contribution >= 0.6 is 11.3 Å². The number of nitrogens with zero attached hydrogens (tertiary/aromatic N) is 1. The van der Waals surface area contributed by atoms with Crippen LogP contribution in [0.3, 0.4) is 0 Å². The Balaban J connectivity index is 1.32. The molecular formula is C25H33N3O4S. The quantitative estimate of drug-likeness (QED) is 0.593. The summed E-state index contributed by atoms with van der Waals surface area (Å²) in [5.41, 5.74) is 0.390. The fourth-order valence-electron chi connectivity index (χ4n) is 4.74. The number of methoxy groups -OCH3 is 1. The summed E-state index contributed by atoms with van der Waals surface area (Å²) in [6.45, 7) is 0.266. The standard InChI is InChI=1S/C25H33N3O4S/c1-31-21-13-7-8-14-22(21)32-15-23-26-20(16-33-23)25(30)28-19-12-6-5-11-18(19)27-24(29)17-9-3-2-4-10-17/h7-8,13-14,16-19H,2-6,9-12,15H2,1H3,(H,27,29)(H,28,30)/t18-,19+/m1/s1. The number of carbonyl (C=O) groups excluding carboxylic acids is 2. The Bertz CT molecular complexity index is 941. The van der Waals surface area contributed by atoms with Gasteiger partial charge < -0.3 is 20.1 Å². The number of thiazole rings is 1. The number of amides is 2. The number of ether oxygens (including phenoxy) is 2. The van der Waals surface area contributed by atoms with Crippen molar-refractivity contribution < 1.29 is 19.1 Å². The highest BCUT2D eigenvalue weighted by Gasteiger charge is 2.31. The van der Waals surface area contributed by atoms with Crippen LogP contribution in [0.25, 0.3) is 0 Å². The minimum atomic E-state index is -0.196. The molecule has 0 aliphatic heterocycles. The summed E-state index contributed by atoms with van der Waals surface area (Å²) in [5, 5.41) is 8.85. The van der Waals surface area contributed by atoms with Crippen LogP contribution in [0.15, 0.2) is 29.6 Å². The summed E-state index contributed by atoms with van der Waals surface area (Å²) in [6.07, 6.45) is 9.35. The van der Waals surface area contributed by atoms with E-state index >= 15 is 0 Å². The van der Waals surface area contributed by atoms with E-state index in [1.807, 2.05) is 24.3 Å². The SMILES string of the molecule is COc1ccccc1OCc1nc(C(=O)N[C@H]2CCCC[C@H]2NC(=O)C2CCCCC2)cs1. The summed E-state index contributed by atoms with van der Waals surface area (Å²) in [5.74, 6) is 1.39. The second kappa shape index (κ2) is 11.5. The minimum Gasteiger partial charge on any atom is -0.493 e. The molecule has 0 saturated heterocycles. The van der Waals surface area contributed by atoms with E-state index in [9.17, 15) is 9.59 Å². The summed E-state index contributed by atoms with van der Waals surface area (Å²) < 4.78 is 11.1. The molecular weight excluding hydrogens is 438 g/mol. The third kappa shape index (κ3) is 6.25. The van der Waals surface area contributed by atoms with Gasteiger partial charge in [0.2, 0.25) is 5.91 Å². The highest BCUT2D eigenvalue weighted by Crippen LogP contribution is 2.28. The first-order valence-corrected chi connectivity index (χ1v) is 12.8. The Hall–Kier alpha value is -2.61. The van der Waals surface area contributed by atoms with Gasteiger partial charge in [0.15, 0.2) is 11.5 Å². The molecule has 1 heterocycles. The van der Waals surface area contributed by atoms with Crippen molar-refractivity contribution >= 4 is 23.2 Å². The van der Waals surface area contributed by atoms with Crippen molar-refractivity contribution in [3.05, 3.63) is 40.3 Å². The molecule has 2 aliphatic rings. The number of para-hydroxylation sites is 2. The summed E-state index contributed by atoms with van der Waals surface area (Å²) >= 11 is 1.40. The molecule has 2 aliphatic carbocycles. The monoisotopic (exact) mass is 471 g/mol. The second-order valence-electron chi connectivity index (χ2n) is 8.88. The van der Waals surface area contributed by atoms with Crippen LogP contribution in [0.1, 0.15) is 73.3 Å². The van der Waals surface area contributed by atoms with Crippen LogP contribution in [-0.4, -0.2) is 36.0 Å². The van der Waals surface area contributed by atoms with Crippen molar-refractivity contribution in [2.75, 3.05) is 7.11 Å². The van der Waals surface area contributed by atoms with Gasteiger partial charge in [-0.3, -0.25) is 9.59 Å². The highest BCUT2D eigenvalue weighted by molar-refractivity contribution is 7.09. The lowest BCUT2D eigenvalue weighted by Gasteiger charge is -2.34. The van der Waals surface area contributed by atoms with Crippen molar-refractivity contribution in [3.8, 4) is 11.5 Å². The summed E-state index contributed by atoms with van der Waals surface area (Å²) in [6, 6.07) is 7.37. The average Bonchev–Trinajstić information content (AvgIpc) is 3.34. The van der Waals surface area contributed by atoms with E-state index in [2.05, 4.69) is 15.6 Å². The molecule has 33 heavy (non-hydrogen) atoms. The topological polar surface area (TPSA) is 89.6 Å². The zero-order valence-corrected chi connectivity index (χ0v) is 20.0. The number of aromatic nitrogens is 1. The van der Waals surface area contributed by atoms with E-state index in [0.29, 0.717) is 17.2 Å². The summed E-state index contributed by atoms with van der Waals surface area (Å²) in [7, 11) is 1.60. The molecule has 7 nitrogen and oxygen atoms in total. The molecule has 2 amide bonds. The van der Waals surface area contributed by atoms with E-state index < -0.39 is 0 Å². The smallest absolute Gasteiger partial charge is 0.271 e. The van der Waals surface area contributed by atoms with Gasteiger partial charge in [0.1, 0.15) is 17.3 Å². The fourth-order valence-corrected chi connectivity index (χ4v) is 5.43. The zero-order chi connectivity index (χ0) is 23.0. The molecule has 2 fully saturated rings. The maximum Gasteiger partial charge on any atom is 0.271 e. The Kier molecular flexibility index (Phi) is 8.20. The first-order chi connectivity index (χ1) is 16.1. The molecule has 2 N–H and O–H groups in total. The van der Waals surface area contributed by atoms with Crippen molar-refractivity contribution in [1.82, 2.24) is 15.6 Å². The van der Waals surface area contributed by atoms with E-state index in [0.717, 1.165) is 56.4 Å². The van der Waals surface area contributed by atoms with Crippen LogP contribution in [-0.2, 0) is 11.4 Å². The Labute approximate surface area is 199 Å². The molecule has 0 radical (unpaired) electrons. The minimum absolute atomic E-state index is 0.0101. The Morgan fingerprint density at radius 2 is 1.64 bits per heavy atom. The van der Waals surface area contributed by atoms with Gasteiger partial charge in [-0.05, 0) is 37.8 Å². The maximum atomic E-state index is 12.9. The van der Waals surface area contributed by atoms with Crippen molar-refractivity contribution in [1.29, 1.82) is 0 Å². The fraction of sp³-hybridized carbons (Fsp3) is 0.560.